The third kappa shape index (κ3) is 6.64. The predicted octanol–water partition coefficient (Wildman–Crippen LogP) is 4.67. The Bertz CT molecular complexity index is 1610. The number of aryl methyl sites for hydroxylation is 1. The van der Waals surface area contributed by atoms with Crippen LogP contribution in [0.4, 0.5) is 5.95 Å². The van der Waals surface area contributed by atoms with Gasteiger partial charge in [-0.3, -0.25) is 14.7 Å². The number of ether oxygens (including phenoxy) is 3. The fourth-order valence-electron chi connectivity index (χ4n) is 4.76. The van der Waals surface area contributed by atoms with E-state index in [1.165, 1.54) is 4.31 Å². The number of rotatable bonds is 11. The van der Waals surface area contributed by atoms with Gasteiger partial charge in [-0.2, -0.15) is 4.31 Å². The maximum Gasteiger partial charge on any atom is 0.243 e. The highest BCUT2D eigenvalue weighted by molar-refractivity contribution is 7.89. The van der Waals surface area contributed by atoms with Crippen LogP contribution in [0.2, 0.25) is 0 Å². The van der Waals surface area contributed by atoms with E-state index in [4.69, 9.17) is 19.2 Å². The molecule has 10 nitrogen and oxygen atoms in total. The number of sulfonamides is 1. The number of methoxy groups -OCH3 is 2. The second-order valence-corrected chi connectivity index (χ2v) is 12.0. The van der Waals surface area contributed by atoms with E-state index in [0.717, 1.165) is 29.7 Å². The molecule has 0 unspecified atom stereocenters. The van der Waals surface area contributed by atoms with Crippen LogP contribution in [-0.4, -0.2) is 68.2 Å². The number of aromatic nitrogens is 2. The fraction of sp³-hybridized carbons (Fsp3) is 0.290. The first kappa shape index (κ1) is 29.3. The number of carbonyl (C=O) groups excluding carboxylic acids is 1. The molecule has 11 heteroatoms. The van der Waals surface area contributed by atoms with E-state index in [9.17, 15) is 13.2 Å². The number of benzene rings is 3. The van der Waals surface area contributed by atoms with Crippen molar-refractivity contribution in [1.82, 2.24) is 13.9 Å². The number of anilines is 1. The van der Waals surface area contributed by atoms with E-state index in [0.29, 0.717) is 23.8 Å². The summed E-state index contributed by atoms with van der Waals surface area (Å²) < 4.78 is 46.5. The van der Waals surface area contributed by atoms with Crippen molar-refractivity contribution in [2.75, 3.05) is 39.2 Å². The average molecular weight is 591 g/mol. The summed E-state index contributed by atoms with van der Waals surface area (Å²) in [5, 5.41) is 2.85. The molecule has 2 heterocycles. The summed E-state index contributed by atoms with van der Waals surface area (Å²) in [5.41, 5.74) is 3.12. The zero-order valence-corrected chi connectivity index (χ0v) is 24.6. The van der Waals surface area contributed by atoms with Gasteiger partial charge in [-0.25, -0.2) is 13.4 Å². The van der Waals surface area contributed by atoms with Crippen LogP contribution in [0.1, 0.15) is 18.4 Å². The Balaban J connectivity index is 1.44. The summed E-state index contributed by atoms with van der Waals surface area (Å²) in [4.78, 5) is 18.3. The van der Waals surface area contributed by atoms with Crippen molar-refractivity contribution in [2.24, 2.45) is 0 Å². The van der Waals surface area contributed by atoms with Crippen molar-refractivity contribution in [2.45, 2.75) is 30.8 Å². The van der Waals surface area contributed by atoms with Gasteiger partial charge in [0.25, 0.3) is 0 Å². The lowest BCUT2D eigenvalue weighted by Crippen LogP contribution is -2.42. The van der Waals surface area contributed by atoms with E-state index in [1.54, 1.807) is 43.1 Å². The van der Waals surface area contributed by atoms with Gasteiger partial charge < -0.3 is 14.2 Å². The molecule has 1 aliphatic heterocycles. The Labute approximate surface area is 245 Å². The number of carbonyl (C=O) groups is 1. The molecule has 1 amide bonds. The number of amides is 1. The summed E-state index contributed by atoms with van der Waals surface area (Å²) in [6.45, 7) is 2.14. The molecule has 1 atom stereocenters. The summed E-state index contributed by atoms with van der Waals surface area (Å²) >= 11 is 0. The molecule has 4 aromatic rings. The van der Waals surface area contributed by atoms with E-state index >= 15 is 0 Å². The van der Waals surface area contributed by atoms with Gasteiger partial charge in [0.2, 0.25) is 21.9 Å². The molecular formula is C31H34N4O6S. The largest absolute Gasteiger partial charge is 0.497 e. The molecule has 0 radical (unpaired) electrons. The maximum absolute atomic E-state index is 13.7. The van der Waals surface area contributed by atoms with Crippen LogP contribution < -0.4 is 14.8 Å². The van der Waals surface area contributed by atoms with Gasteiger partial charge in [0, 0.05) is 30.6 Å². The van der Waals surface area contributed by atoms with Crippen LogP contribution in [0, 0.1) is 6.92 Å². The molecule has 220 valence electrons. The lowest BCUT2D eigenvalue weighted by Gasteiger charge is -2.24. The minimum Gasteiger partial charge on any atom is -0.497 e. The minimum atomic E-state index is -3.97. The van der Waals surface area contributed by atoms with Gasteiger partial charge in [0.1, 0.15) is 11.5 Å². The summed E-state index contributed by atoms with van der Waals surface area (Å²) in [5.74, 6) is 1.13. The van der Waals surface area contributed by atoms with E-state index in [-0.39, 0.29) is 23.5 Å². The molecule has 0 bridgehead atoms. The van der Waals surface area contributed by atoms with Crippen LogP contribution in [0.15, 0.2) is 83.9 Å². The molecular weight excluding hydrogens is 556 g/mol. The molecule has 3 aromatic carbocycles. The summed E-state index contributed by atoms with van der Waals surface area (Å²) in [6, 6.07) is 21.3. The van der Waals surface area contributed by atoms with Crippen LogP contribution in [0.5, 0.6) is 11.5 Å². The van der Waals surface area contributed by atoms with Crippen LogP contribution in [0.3, 0.4) is 0 Å². The summed E-state index contributed by atoms with van der Waals surface area (Å²) in [6.07, 6.45) is 3.12. The topological polar surface area (TPSA) is 112 Å². The maximum atomic E-state index is 13.7. The second kappa shape index (κ2) is 12.8. The van der Waals surface area contributed by atoms with Gasteiger partial charge in [-0.15, -0.1) is 0 Å². The second-order valence-electron chi connectivity index (χ2n) is 10.0. The van der Waals surface area contributed by atoms with Gasteiger partial charge >= 0.3 is 0 Å². The normalized spacial score (nSPS) is 15.1. The molecule has 1 aromatic heterocycles. The Morgan fingerprint density at radius 1 is 1.00 bits per heavy atom. The Morgan fingerprint density at radius 3 is 2.24 bits per heavy atom. The minimum absolute atomic E-state index is 0.0770. The molecule has 0 spiro atoms. The number of imidazole rings is 1. The SMILES string of the molecule is COc1ccc(-c2cn(-c3ccc(OC)cc3)c(NC(=O)CN(C[C@H]3CCCO3)S(=O)(=O)c3ccc(C)cc3)n2)cc1. The summed E-state index contributed by atoms with van der Waals surface area (Å²) in [7, 11) is -0.778. The quantitative estimate of drug-likeness (QED) is 0.270. The third-order valence-corrected chi connectivity index (χ3v) is 8.93. The molecule has 42 heavy (non-hydrogen) atoms. The highest BCUT2D eigenvalue weighted by atomic mass is 32.2. The molecule has 5 rings (SSSR count). The lowest BCUT2D eigenvalue weighted by molar-refractivity contribution is -0.116. The predicted molar refractivity (Wildman–Crippen MR) is 160 cm³/mol. The first-order chi connectivity index (χ1) is 20.3. The van der Waals surface area contributed by atoms with E-state index in [2.05, 4.69) is 5.32 Å². The van der Waals surface area contributed by atoms with E-state index < -0.39 is 22.5 Å². The molecule has 1 N–H and O–H groups in total. The third-order valence-electron chi connectivity index (χ3n) is 7.10. The van der Waals surface area contributed by atoms with Gasteiger partial charge in [-0.05, 0) is 80.4 Å². The Morgan fingerprint density at radius 2 is 1.64 bits per heavy atom. The zero-order valence-electron chi connectivity index (χ0n) is 23.8. The monoisotopic (exact) mass is 590 g/mol. The van der Waals surface area contributed by atoms with Crippen molar-refractivity contribution in [3.63, 3.8) is 0 Å². The molecule has 0 saturated carbocycles. The van der Waals surface area contributed by atoms with Crippen molar-refractivity contribution in [3.8, 4) is 28.4 Å². The van der Waals surface area contributed by atoms with Crippen molar-refractivity contribution < 1.29 is 27.4 Å². The first-order valence-corrected chi connectivity index (χ1v) is 15.1. The number of nitrogens with zero attached hydrogens (tertiary/aromatic N) is 3. The molecule has 1 saturated heterocycles. The smallest absolute Gasteiger partial charge is 0.243 e. The van der Waals surface area contributed by atoms with Crippen LogP contribution in [-0.2, 0) is 19.6 Å². The van der Waals surface area contributed by atoms with Gasteiger partial charge in [-0.1, -0.05) is 17.7 Å². The number of hydrogen-bond donors (Lipinski definition) is 1. The number of nitrogens with one attached hydrogen (secondary N) is 1. The standard InChI is InChI=1S/C31H34N4O6S/c1-22-6-16-28(17-7-22)42(37,38)34(19-27-5-4-18-41-27)21-30(36)33-31-32-29(23-8-12-25(39-2)13-9-23)20-35(31)24-10-14-26(40-3)15-11-24/h6-17,20,27H,4-5,18-19,21H2,1-3H3,(H,32,33,36)/t27-/m1/s1. The average Bonchev–Trinajstić information content (AvgIpc) is 3.67. The fourth-order valence-corrected chi connectivity index (χ4v) is 6.18. The van der Waals surface area contributed by atoms with Crippen molar-refractivity contribution in [1.29, 1.82) is 0 Å². The molecule has 1 aliphatic rings. The highest BCUT2D eigenvalue weighted by Crippen LogP contribution is 2.27. The number of hydrogen-bond acceptors (Lipinski definition) is 7. The van der Waals surface area contributed by atoms with E-state index in [1.807, 2.05) is 61.7 Å². The highest BCUT2D eigenvalue weighted by Gasteiger charge is 2.31. The first-order valence-electron chi connectivity index (χ1n) is 13.6. The van der Waals surface area contributed by atoms with Crippen LogP contribution >= 0.6 is 0 Å². The van der Waals surface area contributed by atoms with Crippen molar-refractivity contribution >= 4 is 21.9 Å². The van der Waals surface area contributed by atoms with Gasteiger partial charge in [0.15, 0.2) is 0 Å². The Kier molecular flexibility index (Phi) is 8.91. The molecule has 0 aliphatic carbocycles. The lowest BCUT2D eigenvalue weighted by atomic mass is 10.1. The zero-order chi connectivity index (χ0) is 29.7. The Hall–Kier alpha value is -4.19. The van der Waals surface area contributed by atoms with Gasteiger partial charge in [0.05, 0.1) is 37.5 Å². The van der Waals surface area contributed by atoms with Crippen LogP contribution in [0.25, 0.3) is 16.9 Å². The van der Waals surface area contributed by atoms with Crippen molar-refractivity contribution in [3.05, 3.63) is 84.6 Å². The molecule has 1 fully saturated rings.